The molecule has 1 aromatic heterocycles. The summed E-state index contributed by atoms with van der Waals surface area (Å²) >= 11 is 12.6. The Morgan fingerprint density at radius 2 is 1.85 bits per heavy atom. The third kappa shape index (κ3) is 3.02. The van der Waals surface area contributed by atoms with Crippen molar-refractivity contribution < 1.29 is 0 Å². The van der Waals surface area contributed by atoms with Crippen molar-refractivity contribution >= 4 is 34.8 Å². The second-order valence-electron chi connectivity index (χ2n) is 7.19. The zero-order valence-corrected chi connectivity index (χ0v) is 16.5. The molecule has 1 aliphatic heterocycles. The van der Waals surface area contributed by atoms with Gasteiger partial charge in [-0.3, -0.25) is 19.2 Å². The molecular weight excluding hydrogens is 371 g/mol. The van der Waals surface area contributed by atoms with Crippen molar-refractivity contribution in [2.45, 2.75) is 52.2 Å². The average molecular weight is 393 g/mol. The zero-order chi connectivity index (χ0) is 18.4. The molecule has 7 heteroatoms. The van der Waals surface area contributed by atoms with Gasteiger partial charge in [-0.05, 0) is 44.9 Å². The van der Waals surface area contributed by atoms with Gasteiger partial charge in [-0.1, -0.05) is 36.0 Å². The maximum atomic E-state index is 12.9. The molecule has 2 aromatic rings. The predicted molar refractivity (Wildman–Crippen MR) is 106 cm³/mol. The molecule has 0 spiro atoms. The summed E-state index contributed by atoms with van der Waals surface area (Å²) in [5, 5.41) is 1.15. The van der Waals surface area contributed by atoms with Gasteiger partial charge in [0.2, 0.25) is 5.95 Å². The van der Waals surface area contributed by atoms with Gasteiger partial charge in [-0.25, -0.2) is 4.98 Å². The molecule has 1 aromatic carbocycles. The number of aromatic nitrogens is 2. The van der Waals surface area contributed by atoms with Crippen LogP contribution in [0.2, 0.25) is 10.0 Å². The van der Waals surface area contributed by atoms with Crippen LogP contribution in [0, 0.1) is 13.8 Å². The van der Waals surface area contributed by atoms with Crippen molar-refractivity contribution in [2.75, 3.05) is 11.6 Å². The van der Waals surface area contributed by atoms with Crippen LogP contribution in [0.3, 0.4) is 0 Å². The van der Waals surface area contributed by atoms with Crippen LogP contribution in [-0.4, -0.2) is 27.2 Å². The Labute approximate surface area is 163 Å². The molecule has 5 nitrogen and oxygen atoms in total. The highest BCUT2D eigenvalue weighted by Crippen LogP contribution is 2.36. The van der Waals surface area contributed by atoms with Gasteiger partial charge in [-0.15, -0.1) is 0 Å². The lowest BCUT2D eigenvalue weighted by Gasteiger charge is -2.41. The summed E-state index contributed by atoms with van der Waals surface area (Å²) in [7, 11) is 0. The molecule has 2 aliphatic rings. The molecule has 1 saturated carbocycles. The van der Waals surface area contributed by atoms with E-state index >= 15 is 0 Å². The van der Waals surface area contributed by atoms with E-state index in [1.165, 1.54) is 25.7 Å². The van der Waals surface area contributed by atoms with Crippen LogP contribution in [0.5, 0.6) is 0 Å². The molecule has 4 rings (SSSR count). The first-order chi connectivity index (χ1) is 12.5. The van der Waals surface area contributed by atoms with E-state index in [1.807, 2.05) is 30.9 Å². The Balaban J connectivity index is 1.85. The number of anilines is 2. The standard InChI is InChI=1S/C19H22Cl2N4O/c1-12-13(2)22-19-24(17-8-7-14(20)9-16(17)21)10-23(11-25(19)18(12)26)15-5-3-4-6-15/h7-9,15H,3-6,10-11H2,1-2H3. The van der Waals surface area contributed by atoms with Crippen LogP contribution >= 0.6 is 23.2 Å². The number of fused-ring (bicyclic) bond motifs is 1. The summed E-state index contributed by atoms with van der Waals surface area (Å²) < 4.78 is 1.77. The van der Waals surface area contributed by atoms with Crippen molar-refractivity contribution in [3.8, 4) is 0 Å². The molecule has 26 heavy (non-hydrogen) atoms. The molecule has 0 saturated heterocycles. The average Bonchev–Trinajstić information content (AvgIpc) is 3.14. The number of aryl methyl sites for hydroxylation is 1. The van der Waals surface area contributed by atoms with Gasteiger partial charge in [0.15, 0.2) is 0 Å². The minimum Gasteiger partial charge on any atom is -0.297 e. The summed E-state index contributed by atoms with van der Waals surface area (Å²) in [4.78, 5) is 22.1. The fraction of sp³-hybridized carbons (Fsp3) is 0.474. The lowest BCUT2D eigenvalue weighted by Crippen LogP contribution is -2.50. The van der Waals surface area contributed by atoms with Crippen molar-refractivity contribution in [3.05, 3.63) is 49.9 Å². The van der Waals surface area contributed by atoms with Crippen LogP contribution in [0.4, 0.5) is 11.6 Å². The molecule has 0 amide bonds. The van der Waals surface area contributed by atoms with Crippen LogP contribution in [0.1, 0.15) is 36.9 Å². The van der Waals surface area contributed by atoms with Gasteiger partial charge in [-0.2, -0.15) is 0 Å². The van der Waals surface area contributed by atoms with Gasteiger partial charge in [0, 0.05) is 22.3 Å². The molecule has 1 aliphatic carbocycles. The molecule has 138 valence electrons. The second kappa shape index (κ2) is 6.87. The van der Waals surface area contributed by atoms with E-state index in [2.05, 4.69) is 4.90 Å². The number of benzene rings is 1. The largest absolute Gasteiger partial charge is 0.297 e. The second-order valence-corrected chi connectivity index (χ2v) is 8.03. The fourth-order valence-corrected chi connectivity index (χ4v) is 4.44. The maximum absolute atomic E-state index is 12.9. The van der Waals surface area contributed by atoms with Crippen LogP contribution in [0.15, 0.2) is 23.0 Å². The summed E-state index contributed by atoms with van der Waals surface area (Å²) in [5.74, 6) is 0.650. The highest BCUT2D eigenvalue weighted by atomic mass is 35.5. The number of rotatable bonds is 2. The quantitative estimate of drug-likeness (QED) is 0.755. The van der Waals surface area contributed by atoms with E-state index in [1.54, 1.807) is 10.6 Å². The summed E-state index contributed by atoms with van der Waals surface area (Å²) in [6.45, 7) is 4.96. The Kier molecular flexibility index (Phi) is 4.71. The number of hydrogen-bond donors (Lipinski definition) is 0. The first-order valence-corrected chi connectivity index (χ1v) is 9.76. The number of halogens is 2. The van der Waals surface area contributed by atoms with Gasteiger partial charge < -0.3 is 0 Å². The van der Waals surface area contributed by atoms with Crippen LogP contribution in [-0.2, 0) is 6.67 Å². The van der Waals surface area contributed by atoms with Gasteiger partial charge in [0.05, 0.1) is 24.0 Å². The van der Waals surface area contributed by atoms with E-state index in [0.717, 1.165) is 11.4 Å². The normalized spacial score (nSPS) is 18.4. The van der Waals surface area contributed by atoms with Crippen molar-refractivity contribution in [3.63, 3.8) is 0 Å². The fourth-order valence-electron chi connectivity index (χ4n) is 3.93. The van der Waals surface area contributed by atoms with Gasteiger partial charge in [0.25, 0.3) is 5.56 Å². The van der Waals surface area contributed by atoms with E-state index in [4.69, 9.17) is 28.2 Å². The third-order valence-corrected chi connectivity index (χ3v) is 6.08. The zero-order valence-electron chi connectivity index (χ0n) is 15.0. The summed E-state index contributed by atoms with van der Waals surface area (Å²) in [5.41, 5.74) is 2.29. The predicted octanol–water partition coefficient (Wildman–Crippen LogP) is 4.48. The Bertz CT molecular complexity index is 905. The Morgan fingerprint density at radius 1 is 1.12 bits per heavy atom. The topological polar surface area (TPSA) is 41.4 Å². The molecule has 0 N–H and O–H groups in total. The first kappa shape index (κ1) is 17.8. The summed E-state index contributed by atoms with van der Waals surface area (Å²) in [6, 6.07) is 5.94. The minimum absolute atomic E-state index is 0.0188. The van der Waals surface area contributed by atoms with Crippen LogP contribution in [0.25, 0.3) is 0 Å². The molecule has 1 fully saturated rings. The number of nitrogens with zero attached hydrogens (tertiary/aromatic N) is 4. The van der Waals surface area contributed by atoms with Crippen molar-refractivity contribution in [1.82, 2.24) is 14.5 Å². The van der Waals surface area contributed by atoms with Crippen molar-refractivity contribution in [2.24, 2.45) is 0 Å². The lowest BCUT2D eigenvalue weighted by molar-refractivity contribution is 0.138. The van der Waals surface area contributed by atoms with E-state index < -0.39 is 0 Å². The number of hydrogen-bond acceptors (Lipinski definition) is 4. The minimum atomic E-state index is 0.0188. The lowest BCUT2D eigenvalue weighted by atomic mass is 10.2. The summed E-state index contributed by atoms with van der Waals surface area (Å²) in [6.07, 6.45) is 4.83. The molecule has 0 bridgehead atoms. The first-order valence-electron chi connectivity index (χ1n) is 9.00. The van der Waals surface area contributed by atoms with Gasteiger partial charge >= 0.3 is 0 Å². The van der Waals surface area contributed by atoms with Gasteiger partial charge in [0.1, 0.15) is 0 Å². The maximum Gasteiger partial charge on any atom is 0.259 e. The van der Waals surface area contributed by atoms with E-state index in [9.17, 15) is 4.79 Å². The van der Waals surface area contributed by atoms with Crippen molar-refractivity contribution in [1.29, 1.82) is 0 Å². The molecule has 0 radical (unpaired) electrons. The molecule has 2 heterocycles. The monoisotopic (exact) mass is 392 g/mol. The third-order valence-electron chi connectivity index (χ3n) is 5.55. The van der Waals surface area contributed by atoms with E-state index in [-0.39, 0.29) is 5.56 Å². The molecule has 0 atom stereocenters. The SMILES string of the molecule is Cc1nc2n(c(=O)c1C)CN(C1CCCC1)CN2c1ccc(Cl)cc1Cl. The van der Waals surface area contributed by atoms with E-state index in [0.29, 0.717) is 40.9 Å². The highest BCUT2D eigenvalue weighted by molar-refractivity contribution is 6.36. The highest BCUT2D eigenvalue weighted by Gasteiger charge is 2.32. The molecular formula is C19H22Cl2N4O. The smallest absolute Gasteiger partial charge is 0.259 e. The van der Waals surface area contributed by atoms with Crippen LogP contribution < -0.4 is 10.5 Å². The Hall–Kier alpha value is -1.56. The molecule has 0 unspecified atom stereocenters. The Morgan fingerprint density at radius 3 is 2.54 bits per heavy atom.